The van der Waals surface area contributed by atoms with Crippen LogP contribution in [0.5, 0.6) is 5.75 Å². The summed E-state index contributed by atoms with van der Waals surface area (Å²) in [7, 11) is 0. The number of nitrogens with zero attached hydrogens (tertiary/aromatic N) is 1. The second-order valence-electron chi connectivity index (χ2n) is 6.66. The van der Waals surface area contributed by atoms with E-state index >= 15 is 0 Å². The van der Waals surface area contributed by atoms with Gasteiger partial charge in [-0.15, -0.1) is 0 Å². The fourth-order valence-electron chi connectivity index (χ4n) is 2.77. The molecule has 1 aliphatic heterocycles. The molecule has 4 nitrogen and oxygen atoms in total. The van der Waals surface area contributed by atoms with Crippen molar-refractivity contribution in [3.05, 3.63) is 100 Å². The molecule has 0 atom stereocenters. The minimum Gasteiger partial charge on any atom is -0.489 e. The van der Waals surface area contributed by atoms with Crippen LogP contribution in [-0.4, -0.2) is 11.1 Å². The van der Waals surface area contributed by atoms with Crippen molar-refractivity contribution in [1.82, 2.24) is 5.32 Å². The van der Waals surface area contributed by atoms with Crippen molar-refractivity contribution in [2.24, 2.45) is 4.99 Å². The van der Waals surface area contributed by atoms with Crippen molar-refractivity contribution in [1.29, 1.82) is 0 Å². The molecule has 0 radical (unpaired) electrons. The van der Waals surface area contributed by atoms with Crippen LogP contribution < -0.4 is 10.1 Å². The standard InChI is InChI=1S/C24H20N2O2S/c1-17-7-11-20(12-8-17)25-24-26-23(27)22(29-24)15-18-9-13-21(14-10-18)28-16-19-5-3-2-4-6-19/h2-15H,16H2,1H3,(H,25,26,27). The van der Waals surface area contributed by atoms with Crippen LogP contribution in [0.1, 0.15) is 16.7 Å². The Kier molecular flexibility index (Phi) is 5.77. The maximum Gasteiger partial charge on any atom is 0.264 e. The minimum atomic E-state index is -0.134. The number of benzene rings is 3. The van der Waals surface area contributed by atoms with Gasteiger partial charge < -0.3 is 10.1 Å². The number of nitrogens with one attached hydrogen (secondary N) is 1. The highest BCUT2D eigenvalue weighted by molar-refractivity contribution is 8.18. The van der Waals surface area contributed by atoms with Crippen molar-refractivity contribution in [3.63, 3.8) is 0 Å². The molecule has 3 aromatic rings. The number of aryl methyl sites for hydroxylation is 1. The number of aliphatic imine (C=N–C) groups is 1. The highest BCUT2D eigenvalue weighted by Crippen LogP contribution is 2.28. The van der Waals surface area contributed by atoms with Crippen molar-refractivity contribution in [2.75, 3.05) is 0 Å². The molecule has 1 fully saturated rings. The molecule has 1 aliphatic rings. The van der Waals surface area contributed by atoms with Gasteiger partial charge in [0.2, 0.25) is 0 Å². The first kappa shape index (κ1) is 19.0. The van der Waals surface area contributed by atoms with E-state index in [1.54, 1.807) is 0 Å². The lowest BCUT2D eigenvalue weighted by atomic mass is 10.2. The van der Waals surface area contributed by atoms with Gasteiger partial charge in [-0.25, -0.2) is 4.99 Å². The van der Waals surface area contributed by atoms with Gasteiger partial charge in [0.1, 0.15) is 12.4 Å². The van der Waals surface area contributed by atoms with Crippen molar-refractivity contribution in [2.45, 2.75) is 13.5 Å². The van der Waals surface area contributed by atoms with Gasteiger partial charge in [0, 0.05) is 0 Å². The summed E-state index contributed by atoms with van der Waals surface area (Å²) in [5.41, 5.74) is 4.05. The Morgan fingerprint density at radius 3 is 2.41 bits per heavy atom. The van der Waals surface area contributed by atoms with Gasteiger partial charge in [-0.3, -0.25) is 4.79 Å². The second-order valence-corrected chi connectivity index (χ2v) is 7.69. The molecule has 0 aliphatic carbocycles. The molecule has 3 aromatic carbocycles. The highest BCUT2D eigenvalue weighted by atomic mass is 32.2. The third kappa shape index (κ3) is 5.15. The molecule has 4 rings (SSSR count). The lowest BCUT2D eigenvalue weighted by molar-refractivity contribution is -0.115. The number of hydrogen-bond acceptors (Lipinski definition) is 4. The monoisotopic (exact) mass is 400 g/mol. The van der Waals surface area contributed by atoms with E-state index in [4.69, 9.17) is 4.74 Å². The summed E-state index contributed by atoms with van der Waals surface area (Å²) in [6.07, 6.45) is 1.86. The predicted octanol–water partition coefficient (Wildman–Crippen LogP) is 5.47. The SMILES string of the molecule is Cc1ccc(N=C2NC(=O)C(=Cc3ccc(OCc4ccccc4)cc3)S2)cc1. The summed E-state index contributed by atoms with van der Waals surface area (Å²) in [5.74, 6) is 0.659. The Labute approximate surface area is 174 Å². The number of amidine groups is 1. The zero-order chi connectivity index (χ0) is 20.1. The third-order valence-electron chi connectivity index (χ3n) is 4.34. The molecular weight excluding hydrogens is 380 g/mol. The number of ether oxygens (including phenoxy) is 1. The third-order valence-corrected chi connectivity index (χ3v) is 5.25. The largest absolute Gasteiger partial charge is 0.489 e. The van der Waals surface area contributed by atoms with Gasteiger partial charge in [0.25, 0.3) is 5.91 Å². The van der Waals surface area contributed by atoms with Crippen LogP contribution in [0.4, 0.5) is 5.69 Å². The molecule has 1 amide bonds. The van der Waals surface area contributed by atoms with Crippen LogP contribution >= 0.6 is 11.8 Å². The van der Waals surface area contributed by atoms with E-state index in [9.17, 15) is 4.79 Å². The molecule has 1 heterocycles. The van der Waals surface area contributed by atoms with Crippen LogP contribution in [0.25, 0.3) is 6.08 Å². The number of amides is 1. The molecule has 0 aromatic heterocycles. The Morgan fingerprint density at radius 2 is 1.69 bits per heavy atom. The van der Waals surface area contributed by atoms with E-state index in [-0.39, 0.29) is 5.91 Å². The van der Waals surface area contributed by atoms with E-state index < -0.39 is 0 Å². The van der Waals surface area contributed by atoms with E-state index in [0.29, 0.717) is 16.7 Å². The first-order chi connectivity index (χ1) is 14.2. The molecule has 0 bridgehead atoms. The number of rotatable bonds is 5. The van der Waals surface area contributed by atoms with Crippen LogP contribution in [0, 0.1) is 6.92 Å². The predicted molar refractivity (Wildman–Crippen MR) is 119 cm³/mol. The average Bonchev–Trinajstić information content (AvgIpc) is 3.08. The number of hydrogen-bond donors (Lipinski definition) is 1. The summed E-state index contributed by atoms with van der Waals surface area (Å²) in [4.78, 5) is 17.4. The normalized spacial score (nSPS) is 16.2. The van der Waals surface area contributed by atoms with Gasteiger partial charge in [0.15, 0.2) is 5.17 Å². The van der Waals surface area contributed by atoms with E-state index in [0.717, 1.165) is 22.6 Å². The summed E-state index contributed by atoms with van der Waals surface area (Å²) in [6.45, 7) is 2.56. The minimum absolute atomic E-state index is 0.134. The van der Waals surface area contributed by atoms with Crippen LogP contribution in [0.3, 0.4) is 0 Å². The topological polar surface area (TPSA) is 50.7 Å². The number of thioether (sulfide) groups is 1. The Balaban J connectivity index is 1.41. The fraction of sp³-hybridized carbons (Fsp3) is 0.0833. The van der Waals surface area contributed by atoms with Crippen LogP contribution in [0.15, 0.2) is 88.8 Å². The zero-order valence-electron chi connectivity index (χ0n) is 16.0. The Bertz CT molecular complexity index is 1060. The molecule has 0 spiro atoms. The Morgan fingerprint density at radius 1 is 0.966 bits per heavy atom. The molecule has 0 unspecified atom stereocenters. The molecular formula is C24H20N2O2S. The quantitative estimate of drug-likeness (QED) is 0.578. The van der Waals surface area contributed by atoms with Crippen molar-refractivity contribution < 1.29 is 9.53 Å². The van der Waals surface area contributed by atoms with Crippen LogP contribution in [0.2, 0.25) is 0 Å². The van der Waals surface area contributed by atoms with Gasteiger partial charge in [-0.2, -0.15) is 0 Å². The second kappa shape index (κ2) is 8.80. The van der Waals surface area contributed by atoms with Gasteiger partial charge >= 0.3 is 0 Å². The molecule has 5 heteroatoms. The van der Waals surface area contributed by atoms with Crippen molar-refractivity contribution in [3.8, 4) is 5.75 Å². The smallest absolute Gasteiger partial charge is 0.264 e. The molecule has 0 saturated carbocycles. The molecule has 1 N–H and O–H groups in total. The van der Waals surface area contributed by atoms with Gasteiger partial charge in [-0.05, 0) is 60.2 Å². The van der Waals surface area contributed by atoms with E-state index in [2.05, 4.69) is 10.3 Å². The zero-order valence-corrected chi connectivity index (χ0v) is 16.8. The average molecular weight is 401 g/mol. The molecule has 144 valence electrons. The van der Waals surface area contributed by atoms with E-state index in [1.807, 2.05) is 91.9 Å². The maximum absolute atomic E-state index is 12.3. The van der Waals surface area contributed by atoms with E-state index in [1.165, 1.54) is 17.3 Å². The van der Waals surface area contributed by atoms with Gasteiger partial charge in [-0.1, -0.05) is 60.2 Å². The Hall–Kier alpha value is -3.31. The van der Waals surface area contributed by atoms with Crippen LogP contribution in [-0.2, 0) is 11.4 Å². The fourth-order valence-corrected chi connectivity index (χ4v) is 3.61. The first-order valence-corrected chi connectivity index (χ1v) is 10.1. The first-order valence-electron chi connectivity index (χ1n) is 9.29. The lowest BCUT2D eigenvalue weighted by Gasteiger charge is -2.06. The maximum atomic E-state index is 12.3. The van der Waals surface area contributed by atoms with Gasteiger partial charge in [0.05, 0.1) is 10.6 Å². The lowest BCUT2D eigenvalue weighted by Crippen LogP contribution is -2.19. The highest BCUT2D eigenvalue weighted by Gasteiger charge is 2.23. The molecule has 1 saturated heterocycles. The summed E-state index contributed by atoms with van der Waals surface area (Å²) < 4.78 is 5.81. The van der Waals surface area contributed by atoms with Crippen molar-refractivity contribution >= 4 is 34.6 Å². The molecule has 29 heavy (non-hydrogen) atoms. The summed E-state index contributed by atoms with van der Waals surface area (Å²) >= 11 is 1.34. The number of carbonyl (C=O) groups excluding carboxylic acids is 1. The summed E-state index contributed by atoms with van der Waals surface area (Å²) in [6, 6.07) is 25.6. The number of carbonyl (C=O) groups is 1. The summed E-state index contributed by atoms with van der Waals surface area (Å²) in [5, 5.41) is 3.41.